The molecule has 0 fully saturated rings. The first-order valence-electron chi connectivity index (χ1n) is 9.80. The van der Waals surface area contributed by atoms with Gasteiger partial charge in [0.1, 0.15) is 17.1 Å². The summed E-state index contributed by atoms with van der Waals surface area (Å²) in [4.78, 5) is 27.3. The average Bonchev–Trinajstić information content (AvgIpc) is 3.24. The lowest BCUT2D eigenvalue weighted by Crippen LogP contribution is -2.33. The molecular weight excluding hydrogens is 400 g/mol. The molecular formula is C22H22N4O5. The summed E-state index contributed by atoms with van der Waals surface area (Å²) in [6, 6.07) is 14.1. The summed E-state index contributed by atoms with van der Waals surface area (Å²) in [6.07, 6.45) is 0.356. The Balaban J connectivity index is 1.69. The van der Waals surface area contributed by atoms with Crippen molar-refractivity contribution in [3.05, 3.63) is 80.5 Å². The molecule has 4 rings (SSSR count). The van der Waals surface area contributed by atoms with Crippen LogP contribution in [0.3, 0.4) is 0 Å². The van der Waals surface area contributed by atoms with Crippen molar-refractivity contribution in [2.75, 3.05) is 13.7 Å². The van der Waals surface area contributed by atoms with Gasteiger partial charge in [-0.2, -0.15) is 5.10 Å². The molecule has 3 aromatic rings. The zero-order chi connectivity index (χ0) is 22.0. The molecule has 0 radical (unpaired) electrons. The molecule has 0 spiro atoms. The number of aromatic nitrogens is 2. The summed E-state index contributed by atoms with van der Waals surface area (Å²) in [5.74, 6) is 0.645. The van der Waals surface area contributed by atoms with Crippen LogP contribution in [0.25, 0.3) is 5.69 Å². The molecule has 9 nitrogen and oxygen atoms in total. The van der Waals surface area contributed by atoms with E-state index in [0.29, 0.717) is 30.2 Å². The number of methoxy groups -OCH3 is 1. The summed E-state index contributed by atoms with van der Waals surface area (Å²) in [5.41, 5.74) is 3.06. The molecule has 2 heterocycles. The predicted molar refractivity (Wildman–Crippen MR) is 116 cm³/mol. The third-order valence-electron chi connectivity index (χ3n) is 5.05. The number of hydrazone groups is 1. The normalized spacial score (nSPS) is 15.3. The van der Waals surface area contributed by atoms with E-state index in [1.165, 1.54) is 7.11 Å². The van der Waals surface area contributed by atoms with Gasteiger partial charge in [0.15, 0.2) is 0 Å². The van der Waals surface area contributed by atoms with E-state index in [2.05, 4.69) is 15.5 Å². The fraction of sp³-hybridized carbons (Fsp3) is 0.227. The number of para-hydroxylation sites is 2. The second-order valence-corrected chi connectivity index (χ2v) is 6.91. The molecule has 9 heteroatoms. The largest absolute Gasteiger partial charge is 0.495 e. The first-order valence-corrected chi connectivity index (χ1v) is 9.80. The second kappa shape index (κ2) is 8.39. The van der Waals surface area contributed by atoms with E-state index in [1.54, 1.807) is 24.3 Å². The third kappa shape index (κ3) is 3.77. The van der Waals surface area contributed by atoms with Gasteiger partial charge in [0.05, 0.1) is 31.2 Å². The van der Waals surface area contributed by atoms with E-state index in [9.17, 15) is 14.7 Å². The highest BCUT2D eigenvalue weighted by molar-refractivity contribution is 6.03. The van der Waals surface area contributed by atoms with Crippen LogP contribution in [0.2, 0.25) is 0 Å². The first kappa shape index (κ1) is 20.3. The Morgan fingerprint density at radius 1 is 1.16 bits per heavy atom. The highest BCUT2D eigenvalue weighted by atomic mass is 16.5. The molecule has 160 valence electrons. The van der Waals surface area contributed by atoms with Gasteiger partial charge in [0.25, 0.3) is 5.56 Å². The lowest BCUT2D eigenvalue weighted by molar-refractivity contribution is 0.340. The highest BCUT2D eigenvalue weighted by Crippen LogP contribution is 2.29. The van der Waals surface area contributed by atoms with Gasteiger partial charge in [-0.3, -0.25) is 9.78 Å². The predicted octanol–water partition coefficient (Wildman–Crippen LogP) is 2.08. The maximum Gasteiger partial charge on any atom is 0.335 e. The average molecular weight is 422 g/mol. The number of nitrogens with zero attached hydrogens (tertiary/aromatic N) is 2. The summed E-state index contributed by atoms with van der Waals surface area (Å²) >= 11 is 0. The van der Waals surface area contributed by atoms with Gasteiger partial charge in [-0.15, -0.1) is 0 Å². The van der Waals surface area contributed by atoms with Crippen LogP contribution in [0.4, 0.5) is 0 Å². The van der Waals surface area contributed by atoms with Crippen molar-refractivity contribution < 1.29 is 14.6 Å². The summed E-state index contributed by atoms with van der Waals surface area (Å²) in [7, 11) is 1.46. The molecule has 1 aromatic heterocycles. The van der Waals surface area contributed by atoms with E-state index in [1.807, 2.05) is 31.2 Å². The standard InChI is InChI=1S/C22H22N4O5/c1-3-31-14-10-8-13(9-11-14)15-12-16(25-24-15)19-20(27)23-22(29)26(21(19)28)17-6-4-5-7-18(17)30-2/h4-11,15,24,28H,3,12H2,1-2H3,(H,23,27,29). The summed E-state index contributed by atoms with van der Waals surface area (Å²) in [5, 5.41) is 15.2. The smallest absolute Gasteiger partial charge is 0.335 e. The SMILES string of the molecule is CCOc1ccc(C2CC(c3c(O)n(-c4ccccc4OC)c(=O)[nH]c3=O)=NN2)cc1. The molecule has 0 bridgehead atoms. The van der Waals surface area contributed by atoms with Gasteiger partial charge < -0.3 is 20.0 Å². The zero-order valence-corrected chi connectivity index (χ0v) is 17.1. The van der Waals surface area contributed by atoms with E-state index in [4.69, 9.17) is 9.47 Å². The molecule has 31 heavy (non-hydrogen) atoms. The number of nitrogens with one attached hydrogen (secondary N) is 2. The molecule has 1 aliphatic heterocycles. The molecule has 1 aliphatic rings. The van der Waals surface area contributed by atoms with Gasteiger partial charge in [-0.1, -0.05) is 24.3 Å². The summed E-state index contributed by atoms with van der Waals surface area (Å²) in [6.45, 7) is 2.50. The van der Waals surface area contributed by atoms with E-state index in [-0.39, 0.29) is 11.6 Å². The summed E-state index contributed by atoms with van der Waals surface area (Å²) < 4.78 is 11.8. The van der Waals surface area contributed by atoms with Gasteiger partial charge in [-0.25, -0.2) is 9.36 Å². The number of H-pyrrole nitrogens is 1. The Labute approximate surface area is 177 Å². The van der Waals surface area contributed by atoms with Crippen molar-refractivity contribution in [3.63, 3.8) is 0 Å². The lowest BCUT2D eigenvalue weighted by Gasteiger charge is -2.14. The van der Waals surface area contributed by atoms with Crippen molar-refractivity contribution in [3.8, 4) is 23.1 Å². The lowest BCUT2D eigenvalue weighted by atomic mass is 10.00. The van der Waals surface area contributed by atoms with Gasteiger partial charge in [0, 0.05) is 6.42 Å². The monoisotopic (exact) mass is 422 g/mol. The highest BCUT2D eigenvalue weighted by Gasteiger charge is 2.28. The minimum absolute atomic E-state index is 0.0635. The molecule has 0 aliphatic carbocycles. The Morgan fingerprint density at radius 2 is 1.90 bits per heavy atom. The van der Waals surface area contributed by atoms with Crippen LogP contribution in [-0.4, -0.2) is 34.1 Å². The number of benzene rings is 2. The number of hydrogen-bond donors (Lipinski definition) is 3. The Bertz CT molecular complexity index is 1240. The molecule has 0 saturated heterocycles. The Hall–Kier alpha value is -4.01. The van der Waals surface area contributed by atoms with Crippen LogP contribution in [0.15, 0.2) is 63.2 Å². The minimum atomic E-state index is -0.773. The molecule has 0 amide bonds. The number of rotatable bonds is 6. The quantitative estimate of drug-likeness (QED) is 0.560. The Kier molecular flexibility index (Phi) is 5.48. The molecule has 1 unspecified atom stereocenters. The molecule has 0 saturated carbocycles. The molecule has 2 aromatic carbocycles. The maximum absolute atomic E-state index is 12.6. The fourth-order valence-corrected chi connectivity index (χ4v) is 3.58. The third-order valence-corrected chi connectivity index (χ3v) is 5.05. The maximum atomic E-state index is 12.6. The number of aromatic hydroxyl groups is 1. The van der Waals surface area contributed by atoms with Crippen molar-refractivity contribution in [1.82, 2.24) is 15.0 Å². The second-order valence-electron chi connectivity index (χ2n) is 6.91. The van der Waals surface area contributed by atoms with E-state index in [0.717, 1.165) is 15.9 Å². The molecule has 3 N–H and O–H groups in total. The van der Waals surface area contributed by atoms with Gasteiger partial charge >= 0.3 is 5.69 Å². The van der Waals surface area contributed by atoms with E-state index >= 15 is 0 Å². The zero-order valence-electron chi connectivity index (χ0n) is 17.1. The van der Waals surface area contributed by atoms with Crippen LogP contribution >= 0.6 is 0 Å². The molecule has 1 atom stereocenters. The number of aromatic amines is 1. The van der Waals surface area contributed by atoms with Crippen molar-refractivity contribution >= 4 is 5.71 Å². The minimum Gasteiger partial charge on any atom is -0.495 e. The van der Waals surface area contributed by atoms with Crippen LogP contribution in [-0.2, 0) is 0 Å². The number of hydrogen-bond acceptors (Lipinski definition) is 7. The van der Waals surface area contributed by atoms with Crippen LogP contribution < -0.4 is 26.1 Å². The van der Waals surface area contributed by atoms with Crippen molar-refractivity contribution in [2.45, 2.75) is 19.4 Å². The van der Waals surface area contributed by atoms with Gasteiger partial charge in [0.2, 0.25) is 5.88 Å². The van der Waals surface area contributed by atoms with Crippen LogP contribution in [0.1, 0.15) is 30.5 Å². The topological polar surface area (TPSA) is 118 Å². The van der Waals surface area contributed by atoms with Crippen LogP contribution in [0, 0.1) is 0 Å². The van der Waals surface area contributed by atoms with E-state index < -0.39 is 17.1 Å². The number of ether oxygens (including phenoxy) is 2. The van der Waals surface area contributed by atoms with Crippen molar-refractivity contribution in [2.24, 2.45) is 5.10 Å². The fourth-order valence-electron chi connectivity index (χ4n) is 3.58. The van der Waals surface area contributed by atoms with Gasteiger partial charge in [-0.05, 0) is 36.8 Å². The van der Waals surface area contributed by atoms with Crippen LogP contribution in [0.5, 0.6) is 17.4 Å². The van der Waals surface area contributed by atoms with Crippen molar-refractivity contribution in [1.29, 1.82) is 0 Å². The first-order chi connectivity index (χ1) is 15.0. The Morgan fingerprint density at radius 3 is 2.61 bits per heavy atom.